The molecule has 0 spiro atoms. The normalized spacial score (nSPS) is 29.0. The van der Waals surface area contributed by atoms with Crippen LogP contribution in [0.4, 0.5) is 23.3 Å². The average molecular weight is 1500 g/mol. The van der Waals surface area contributed by atoms with Gasteiger partial charge in [-0.3, -0.25) is 40.9 Å². The van der Waals surface area contributed by atoms with Crippen LogP contribution in [0.25, 0.3) is 22.3 Å². The third-order valence-corrected chi connectivity index (χ3v) is 20.3. The maximum absolute atomic E-state index is 14.9. The van der Waals surface area contributed by atoms with Crippen LogP contribution in [0.5, 0.6) is 0 Å². The van der Waals surface area contributed by atoms with Gasteiger partial charge in [0, 0.05) is 52.0 Å². The van der Waals surface area contributed by atoms with Crippen LogP contribution < -0.4 is 34.3 Å². The molecule has 0 saturated carbocycles. The zero-order chi connectivity index (χ0) is 71.1. The molecule has 4 saturated heterocycles. The van der Waals surface area contributed by atoms with E-state index in [4.69, 9.17) is 119 Å². The zero-order valence-electron chi connectivity index (χ0n) is 54.4. The number of nitrogens with zero attached hydrogens (tertiary/aromatic N) is 12. The number of aliphatic hydroxyl groups excluding tert-OH is 1. The molecule has 19 atom stereocenters. The Hall–Kier alpha value is -5.32. The smallest absolute Gasteiger partial charge is 0.387 e. The third kappa shape index (κ3) is 17.7. The minimum Gasteiger partial charge on any atom is -0.387 e. The van der Waals surface area contributed by atoms with Crippen molar-refractivity contribution in [2.45, 2.75) is 125 Å². The lowest BCUT2D eigenvalue weighted by molar-refractivity contribution is -0.0844. The number of phosphoric ester groups is 1. The number of nitrogens with two attached hydrogens (primary N) is 4. The van der Waals surface area contributed by atoms with E-state index >= 15 is 0 Å². The molecule has 548 valence electrons. The van der Waals surface area contributed by atoms with Crippen LogP contribution in [0.15, 0.2) is 47.3 Å². The number of methoxy groups -OCH3 is 4. The summed E-state index contributed by atoms with van der Waals surface area (Å²) >= 11 is 10.2. The highest BCUT2D eigenvalue weighted by Gasteiger charge is 2.56. The third-order valence-electron chi connectivity index (χ3n) is 16.2. The highest BCUT2D eigenvalue weighted by Crippen LogP contribution is 2.58. The quantitative estimate of drug-likeness (QED) is 0.0148. The number of aryl methyl sites for hydroxylation is 2. The number of thiol groups is 1. The lowest BCUT2D eigenvalue weighted by Gasteiger charge is -2.30. The number of hydrogen-bond donors (Lipinski definition) is 8. The van der Waals surface area contributed by atoms with Crippen LogP contribution in [0.3, 0.4) is 0 Å². The molecule has 4 aliphatic heterocycles. The molecule has 0 radical (unpaired) electrons. The topological polar surface area (TPSA) is 522 Å². The van der Waals surface area contributed by atoms with Crippen molar-refractivity contribution in [2.75, 3.05) is 124 Å². The number of aliphatic hydroxyl groups is 1. The van der Waals surface area contributed by atoms with Gasteiger partial charge in [0.25, 0.3) is 0 Å². The fraction of sp³-hybridized carbons (Fsp3) is 0.660. The Balaban J connectivity index is 0.935. The largest absolute Gasteiger partial charge is 0.472 e. The summed E-state index contributed by atoms with van der Waals surface area (Å²) in [7, 11) is 0.381. The number of ether oxygens (including phenoxy) is 12. The number of hydrogen-bond acceptors (Lipinski definition) is 36. The first-order valence-corrected chi connectivity index (χ1v) is 37.4. The summed E-state index contributed by atoms with van der Waals surface area (Å²) in [6.45, 7) is -7.30. The SMILES string of the molecule is CC[C@H]1O[C@@H](n2cc(C)c(N)nc2=O)C(OCCOC)[C@H]1OP(=O)(O)OC[C@H]1O[C@@H](n2cc(C)c(N)nc2=O)C(OCCOC)[C@H]1OP(O)(=S)OC[C@H]1O[C@@H](n2cnc3c(N)ncnc32)C(OCCOC)[C@H]1OP(=O)(S)OC[C@H]1O[C@@H](n2cnc3c(N)ncnc32)C(OCCOC)[C@H]1O. The van der Waals surface area contributed by atoms with E-state index in [1.807, 2.05) is 0 Å². The Morgan fingerprint density at radius 2 is 0.909 bits per heavy atom. The van der Waals surface area contributed by atoms with Gasteiger partial charge in [0.05, 0.1) is 91.4 Å². The van der Waals surface area contributed by atoms with Gasteiger partial charge in [-0.2, -0.15) is 9.97 Å². The molecular formula is C53H79N16O25P3S2. The van der Waals surface area contributed by atoms with Gasteiger partial charge >= 0.3 is 32.7 Å². The minimum atomic E-state index is -5.34. The van der Waals surface area contributed by atoms with Crippen molar-refractivity contribution in [3.63, 3.8) is 0 Å². The summed E-state index contributed by atoms with van der Waals surface area (Å²) in [4.78, 5) is 84.4. The van der Waals surface area contributed by atoms with E-state index < -0.39 is 151 Å². The molecule has 7 unspecified atom stereocenters. The predicted molar refractivity (Wildman–Crippen MR) is 349 cm³/mol. The van der Waals surface area contributed by atoms with E-state index in [1.165, 1.54) is 75.3 Å². The number of anilines is 4. The molecule has 4 fully saturated rings. The van der Waals surface area contributed by atoms with Gasteiger partial charge in [0.1, 0.15) is 102 Å². The van der Waals surface area contributed by atoms with Crippen LogP contribution in [0.1, 0.15) is 49.4 Å². The van der Waals surface area contributed by atoms with Crippen molar-refractivity contribution in [1.29, 1.82) is 0 Å². The second kappa shape index (κ2) is 33.4. The Morgan fingerprint density at radius 1 is 0.515 bits per heavy atom. The van der Waals surface area contributed by atoms with Crippen molar-refractivity contribution in [3.8, 4) is 0 Å². The number of phosphoric acid groups is 1. The fourth-order valence-electron chi connectivity index (χ4n) is 11.3. The molecule has 10 heterocycles. The predicted octanol–water partition coefficient (Wildman–Crippen LogP) is 0.173. The molecule has 11 N–H and O–H groups in total. The summed E-state index contributed by atoms with van der Waals surface area (Å²) in [6.07, 6.45) is -14.0. The Labute approximate surface area is 574 Å². The summed E-state index contributed by atoms with van der Waals surface area (Å²) in [5.74, 6) is -0.0572. The van der Waals surface area contributed by atoms with Gasteiger partial charge in [-0.1, -0.05) is 19.2 Å². The molecule has 6 aromatic rings. The van der Waals surface area contributed by atoms with Crippen molar-refractivity contribution < 1.29 is 108 Å². The van der Waals surface area contributed by atoms with E-state index in [0.717, 1.165) is 9.13 Å². The molecule has 6 aromatic heterocycles. The van der Waals surface area contributed by atoms with E-state index in [-0.39, 0.29) is 105 Å². The van der Waals surface area contributed by atoms with E-state index in [0.29, 0.717) is 11.1 Å². The summed E-state index contributed by atoms with van der Waals surface area (Å²) in [5, 5.41) is 11.8. The monoisotopic (exact) mass is 1500 g/mol. The Morgan fingerprint density at radius 3 is 1.37 bits per heavy atom. The zero-order valence-corrected chi connectivity index (χ0v) is 58.8. The summed E-state index contributed by atoms with van der Waals surface area (Å²) in [6, 6.07) is 0. The summed E-state index contributed by atoms with van der Waals surface area (Å²) in [5.41, 5.74) is 24.1. The van der Waals surface area contributed by atoms with Crippen LogP contribution in [-0.2, 0) is 105 Å². The van der Waals surface area contributed by atoms with Crippen molar-refractivity contribution in [3.05, 3.63) is 69.8 Å². The lowest BCUT2D eigenvalue weighted by atomic mass is 10.1. The van der Waals surface area contributed by atoms with Gasteiger partial charge in [0.2, 0.25) is 0 Å². The maximum atomic E-state index is 14.9. The van der Waals surface area contributed by atoms with Gasteiger partial charge in [-0.05, 0) is 32.1 Å². The minimum absolute atomic E-state index is 0.00523. The molecule has 41 nitrogen and oxygen atoms in total. The van der Waals surface area contributed by atoms with Crippen molar-refractivity contribution in [2.24, 2.45) is 0 Å². The fourth-order valence-corrected chi connectivity index (χ4v) is 15.2. The van der Waals surface area contributed by atoms with E-state index in [2.05, 4.69) is 52.1 Å². The molecule has 0 aliphatic carbocycles. The first kappa shape index (κ1) is 76.3. The molecule has 0 bridgehead atoms. The highest BCUT2D eigenvalue weighted by molar-refractivity contribution is 8.44. The second-order valence-electron chi connectivity index (χ2n) is 22.6. The first-order chi connectivity index (χ1) is 47.3. The van der Waals surface area contributed by atoms with Gasteiger partial charge in [0.15, 0.2) is 47.8 Å². The van der Waals surface area contributed by atoms with E-state index in [9.17, 15) is 33.6 Å². The molecule has 46 heteroatoms. The number of rotatable bonds is 36. The number of imidazole rings is 2. The standard InChI is InChI=1S/C53H79N16O25P3S2/c1-8-28-35(39(82-14-10-78-5)49(88-28)66-17-26(2)42(54)64-52(66)71)92-95(73,74)85-20-30-36(40(83-15-11-79-6)50(90-30)67-18-27(3)43(55)65-53(67)72)93-97(76,99)87-21-31-37(41(84-16-12-80-7)51(91-31)69-25-63-33-45(57)59-23-61-47(33)69)94-96(75,98)86-19-29-34(70)38(81-13-9-77-4)48(89-29)68-24-62-32-44(56)58-22-60-46(32)68/h17-18,22-25,28-31,34-41,48-51,70H,8-16,19-21H2,1-7H3,(H,73,74)(H,75,98)(H,76,99)(H2,54,64,71)(H2,55,65,72)(H2,56,58,60)(H2,57,59,61)/t28-,29-,30-,31-,34+,35+,36+,37+,38?,39?,40?,41?,48-,49-,50-,51-,96?,97?/m1/s1. The second-order valence-corrected chi connectivity index (χ2v) is 29.7. The number of aromatic nitrogens is 12. The van der Waals surface area contributed by atoms with Crippen LogP contribution in [-0.4, -0.2) is 247 Å². The van der Waals surface area contributed by atoms with E-state index in [1.54, 1.807) is 20.8 Å². The average Bonchev–Trinajstić information content (AvgIpc) is 1.64. The molecule has 99 heavy (non-hydrogen) atoms. The molecule has 0 amide bonds. The molecule has 0 aromatic carbocycles. The van der Waals surface area contributed by atoms with Crippen LogP contribution >= 0.6 is 33.6 Å². The summed E-state index contributed by atoms with van der Waals surface area (Å²) < 4.78 is 142. The van der Waals surface area contributed by atoms with Crippen LogP contribution in [0, 0.1) is 13.8 Å². The molecule has 10 rings (SSSR count). The molecule has 4 aliphatic rings. The van der Waals surface area contributed by atoms with Gasteiger partial charge in [-0.15, -0.1) is 0 Å². The Bertz CT molecular complexity index is 4000. The van der Waals surface area contributed by atoms with Crippen molar-refractivity contribution in [1.82, 2.24) is 58.1 Å². The number of fused-ring (bicyclic) bond motifs is 2. The number of nitrogen functional groups attached to an aromatic ring is 4. The Kier molecular flexibility index (Phi) is 25.8. The lowest BCUT2D eigenvalue weighted by Crippen LogP contribution is -2.41. The van der Waals surface area contributed by atoms with Crippen molar-refractivity contribution >= 4 is 91.0 Å². The molecular weight excluding hydrogens is 1420 g/mol. The van der Waals surface area contributed by atoms with Gasteiger partial charge in [-0.25, -0.2) is 48.6 Å². The van der Waals surface area contributed by atoms with Crippen LogP contribution in [0.2, 0.25) is 0 Å². The van der Waals surface area contributed by atoms with Gasteiger partial charge < -0.3 is 99.2 Å². The highest BCUT2D eigenvalue weighted by atomic mass is 32.7. The first-order valence-electron chi connectivity index (χ1n) is 30.6. The maximum Gasteiger partial charge on any atom is 0.472 e.